The molecular weight excluding hydrogens is 149 g/mol. The van der Waals surface area contributed by atoms with E-state index >= 15 is 0 Å². The van der Waals surface area contributed by atoms with Crippen LogP contribution in [0.5, 0.6) is 5.75 Å². The number of fused-ring (bicyclic) bond motifs is 1. The Labute approximate surface area is 71.3 Å². The summed E-state index contributed by atoms with van der Waals surface area (Å²) in [6.45, 7) is 0. The summed E-state index contributed by atoms with van der Waals surface area (Å²) in [6, 6.07) is 7.39. The molecule has 0 saturated heterocycles. The summed E-state index contributed by atoms with van der Waals surface area (Å²) in [5.41, 5.74) is 1.81. The van der Waals surface area contributed by atoms with Gasteiger partial charge in [0.05, 0.1) is 0 Å². The third-order valence-corrected chi connectivity index (χ3v) is 1.97. The largest absolute Gasteiger partial charge is 0.506 e. The molecule has 3 heteroatoms. The molecule has 58 valence electrons. The van der Waals surface area contributed by atoms with Gasteiger partial charge < -0.3 is 5.11 Å². The first-order valence-electron chi connectivity index (χ1n) is 3.82. The van der Waals surface area contributed by atoms with E-state index in [0.29, 0.717) is 5.52 Å². The van der Waals surface area contributed by atoms with Crippen LogP contribution >= 0.6 is 0 Å². The van der Waals surface area contributed by atoms with E-state index in [0.717, 1.165) is 10.8 Å². The Balaban J connectivity index is 2.95. The highest BCUT2D eigenvalue weighted by Crippen LogP contribution is 2.18. The summed E-state index contributed by atoms with van der Waals surface area (Å²) in [6.07, 6.45) is 1.68. The van der Waals surface area contributed by atoms with Crippen molar-refractivity contribution in [3.63, 3.8) is 0 Å². The van der Waals surface area contributed by atoms with Gasteiger partial charge in [-0.1, -0.05) is 17.6 Å². The summed E-state index contributed by atoms with van der Waals surface area (Å²) < 4.78 is 0. The topological polar surface area (TPSA) is 33.1 Å². The Morgan fingerprint density at radius 3 is 2.83 bits per heavy atom. The van der Waals surface area contributed by atoms with Crippen molar-refractivity contribution in [2.45, 2.75) is 0 Å². The molecule has 0 aliphatic rings. The average molecular weight is 157 g/mol. The van der Waals surface area contributed by atoms with Crippen LogP contribution in [0.25, 0.3) is 10.9 Å². The molecule has 0 radical (unpaired) electrons. The SMILES string of the molecule is Bc1ccc(O)c2ncccc12. The Morgan fingerprint density at radius 1 is 1.25 bits per heavy atom. The van der Waals surface area contributed by atoms with Gasteiger partial charge >= 0.3 is 0 Å². The van der Waals surface area contributed by atoms with Gasteiger partial charge in [0.1, 0.15) is 19.1 Å². The van der Waals surface area contributed by atoms with E-state index < -0.39 is 0 Å². The lowest BCUT2D eigenvalue weighted by Crippen LogP contribution is -2.03. The predicted octanol–water partition coefficient (Wildman–Crippen LogP) is 0.199. The van der Waals surface area contributed by atoms with E-state index in [1.54, 1.807) is 12.3 Å². The molecule has 0 unspecified atom stereocenters. The van der Waals surface area contributed by atoms with Gasteiger partial charge in [0.2, 0.25) is 0 Å². The number of rotatable bonds is 0. The minimum absolute atomic E-state index is 0.246. The molecule has 0 bridgehead atoms. The van der Waals surface area contributed by atoms with Gasteiger partial charge in [-0.3, -0.25) is 4.98 Å². The maximum Gasteiger partial charge on any atom is 0.141 e. The molecule has 0 saturated carbocycles. The van der Waals surface area contributed by atoms with Crippen molar-refractivity contribution >= 4 is 24.2 Å². The van der Waals surface area contributed by atoms with Gasteiger partial charge in [-0.2, -0.15) is 0 Å². The first kappa shape index (κ1) is 7.16. The second-order valence-corrected chi connectivity index (χ2v) is 2.80. The average Bonchev–Trinajstić information content (AvgIpc) is 2.12. The first-order chi connectivity index (χ1) is 5.79. The van der Waals surface area contributed by atoms with E-state index in [4.69, 9.17) is 0 Å². The fourth-order valence-electron chi connectivity index (χ4n) is 1.30. The molecule has 1 N–H and O–H groups in total. The fraction of sp³-hybridized carbons (Fsp3) is 0. The van der Waals surface area contributed by atoms with Gasteiger partial charge in [0.15, 0.2) is 0 Å². The molecule has 12 heavy (non-hydrogen) atoms. The maximum atomic E-state index is 9.43. The van der Waals surface area contributed by atoms with Crippen LogP contribution in [0.15, 0.2) is 30.5 Å². The lowest BCUT2D eigenvalue weighted by atomic mass is 9.91. The van der Waals surface area contributed by atoms with Crippen LogP contribution in [-0.4, -0.2) is 17.9 Å². The number of hydrogen-bond acceptors (Lipinski definition) is 2. The van der Waals surface area contributed by atoms with E-state index in [1.165, 1.54) is 0 Å². The lowest BCUT2D eigenvalue weighted by molar-refractivity contribution is 0.480. The van der Waals surface area contributed by atoms with E-state index in [2.05, 4.69) is 4.98 Å². The standard InChI is InChI=1S/C9H8BNO/c10-7-3-4-8(12)9-6(7)2-1-5-11-9/h1-5,12H,10H2. The van der Waals surface area contributed by atoms with Crippen molar-refractivity contribution in [1.82, 2.24) is 4.98 Å². The minimum atomic E-state index is 0.246. The second kappa shape index (κ2) is 2.52. The van der Waals surface area contributed by atoms with Crippen molar-refractivity contribution in [3.8, 4) is 5.75 Å². The molecule has 2 nitrogen and oxygen atoms in total. The number of nitrogens with zero attached hydrogens (tertiary/aromatic N) is 1. The first-order valence-corrected chi connectivity index (χ1v) is 3.82. The smallest absolute Gasteiger partial charge is 0.141 e. The van der Waals surface area contributed by atoms with E-state index in [9.17, 15) is 5.11 Å². The Kier molecular flexibility index (Phi) is 1.50. The Morgan fingerprint density at radius 2 is 2.08 bits per heavy atom. The zero-order valence-corrected chi connectivity index (χ0v) is 6.78. The van der Waals surface area contributed by atoms with E-state index in [-0.39, 0.29) is 5.75 Å². The highest BCUT2D eigenvalue weighted by atomic mass is 16.3. The molecule has 0 fully saturated rings. The molecule has 2 aromatic rings. The zero-order chi connectivity index (χ0) is 8.55. The molecule has 0 atom stereocenters. The summed E-state index contributed by atoms with van der Waals surface area (Å²) in [5, 5.41) is 10.4. The third kappa shape index (κ3) is 0.943. The van der Waals surface area contributed by atoms with Crippen molar-refractivity contribution in [1.29, 1.82) is 0 Å². The van der Waals surface area contributed by atoms with Crippen LogP contribution in [0.3, 0.4) is 0 Å². The van der Waals surface area contributed by atoms with Crippen LogP contribution in [0, 0.1) is 0 Å². The van der Waals surface area contributed by atoms with Gasteiger partial charge in [0.25, 0.3) is 0 Å². The van der Waals surface area contributed by atoms with Gasteiger partial charge in [-0.05, 0) is 17.5 Å². The van der Waals surface area contributed by atoms with Crippen LogP contribution in [0.1, 0.15) is 0 Å². The molecule has 0 spiro atoms. The summed E-state index contributed by atoms with van der Waals surface area (Å²) >= 11 is 0. The molecule has 0 aliphatic heterocycles. The number of phenols is 1. The molecule has 1 aromatic carbocycles. The molecule has 0 aliphatic carbocycles. The van der Waals surface area contributed by atoms with Crippen molar-refractivity contribution in [2.24, 2.45) is 0 Å². The number of hydrogen-bond donors (Lipinski definition) is 1. The fourth-order valence-corrected chi connectivity index (χ4v) is 1.30. The minimum Gasteiger partial charge on any atom is -0.506 e. The van der Waals surface area contributed by atoms with Gasteiger partial charge in [-0.25, -0.2) is 0 Å². The zero-order valence-electron chi connectivity index (χ0n) is 6.78. The van der Waals surface area contributed by atoms with Crippen LogP contribution in [0.4, 0.5) is 0 Å². The van der Waals surface area contributed by atoms with E-state index in [1.807, 2.05) is 26.0 Å². The second-order valence-electron chi connectivity index (χ2n) is 2.80. The number of pyridine rings is 1. The summed E-state index contributed by atoms with van der Waals surface area (Å²) in [7, 11) is 2.00. The third-order valence-electron chi connectivity index (χ3n) is 1.97. The van der Waals surface area contributed by atoms with Crippen LogP contribution in [-0.2, 0) is 0 Å². The molecule has 1 aromatic heterocycles. The highest BCUT2D eigenvalue weighted by Gasteiger charge is 2.00. The van der Waals surface area contributed by atoms with Gasteiger partial charge in [-0.15, -0.1) is 0 Å². The summed E-state index contributed by atoms with van der Waals surface area (Å²) in [4.78, 5) is 4.09. The maximum absolute atomic E-state index is 9.43. The van der Waals surface area contributed by atoms with Gasteiger partial charge in [0, 0.05) is 6.20 Å². The van der Waals surface area contributed by atoms with Crippen LogP contribution < -0.4 is 5.46 Å². The molecule has 0 amide bonds. The van der Waals surface area contributed by atoms with Crippen molar-refractivity contribution < 1.29 is 5.11 Å². The monoisotopic (exact) mass is 157 g/mol. The van der Waals surface area contributed by atoms with Crippen LogP contribution in [0.2, 0.25) is 0 Å². The molecule has 1 heterocycles. The molecule has 2 rings (SSSR count). The lowest BCUT2D eigenvalue weighted by Gasteiger charge is -2.01. The van der Waals surface area contributed by atoms with Crippen molar-refractivity contribution in [2.75, 3.05) is 0 Å². The normalized spacial score (nSPS) is 10.3. The number of benzene rings is 1. The Bertz CT molecular complexity index is 387. The quantitative estimate of drug-likeness (QED) is 0.554. The number of aromatic hydroxyl groups is 1. The number of phenolic OH excluding ortho intramolecular Hbond substituents is 1. The summed E-state index contributed by atoms with van der Waals surface area (Å²) in [5.74, 6) is 0.246. The Hall–Kier alpha value is -1.51. The molecular formula is C9H8BNO. The van der Waals surface area contributed by atoms with Crippen molar-refractivity contribution in [3.05, 3.63) is 30.5 Å². The number of aromatic nitrogens is 1. The highest BCUT2D eigenvalue weighted by molar-refractivity contribution is 6.38. The predicted molar refractivity (Wildman–Crippen MR) is 51.6 cm³/mol.